The van der Waals surface area contributed by atoms with E-state index in [1.807, 2.05) is 6.92 Å². The van der Waals surface area contributed by atoms with Crippen LogP contribution in [0.2, 0.25) is 0 Å². The van der Waals surface area contributed by atoms with E-state index in [0.717, 1.165) is 24.1 Å². The maximum Gasteiger partial charge on any atom is 0.123 e. The van der Waals surface area contributed by atoms with Crippen molar-refractivity contribution in [1.82, 2.24) is 0 Å². The second-order valence-corrected chi connectivity index (χ2v) is 4.30. The van der Waals surface area contributed by atoms with Crippen LogP contribution in [0.5, 0.6) is 0 Å². The zero-order chi connectivity index (χ0) is 10.8. The van der Waals surface area contributed by atoms with E-state index in [2.05, 4.69) is 5.32 Å². The van der Waals surface area contributed by atoms with Gasteiger partial charge in [-0.2, -0.15) is 0 Å². The lowest BCUT2D eigenvalue weighted by molar-refractivity contribution is 0.623. The van der Waals surface area contributed by atoms with Crippen LogP contribution in [-0.4, -0.2) is 12.1 Å². The van der Waals surface area contributed by atoms with Crippen LogP contribution in [0.15, 0.2) is 18.2 Å². The van der Waals surface area contributed by atoms with Crippen molar-refractivity contribution in [3.8, 4) is 0 Å². The van der Waals surface area contributed by atoms with E-state index < -0.39 is 0 Å². The molecule has 82 valence electrons. The maximum absolute atomic E-state index is 12.9. The van der Waals surface area contributed by atoms with Gasteiger partial charge in [0, 0.05) is 17.8 Å². The van der Waals surface area contributed by atoms with Crippen LogP contribution in [0, 0.1) is 12.7 Å². The molecule has 0 saturated heterocycles. The second kappa shape index (κ2) is 4.19. The van der Waals surface area contributed by atoms with Crippen LogP contribution in [0.4, 0.5) is 10.1 Å². The van der Waals surface area contributed by atoms with Crippen LogP contribution in [0.1, 0.15) is 24.8 Å². The lowest BCUT2D eigenvalue weighted by Gasteiger charge is -2.20. The van der Waals surface area contributed by atoms with Crippen LogP contribution in [0.3, 0.4) is 0 Å². The molecule has 3 heteroatoms. The molecular formula is C12H17FN2. The minimum Gasteiger partial charge on any atom is -0.381 e. The van der Waals surface area contributed by atoms with Crippen molar-refractivity contribution in [2.45, 2.75) is 38.3 Å². The first-order chi connectivity index (χ1) is 7.16. The molecule has 1 saturated carbocycles. The van der Waals surface area contributed by atoms with E-state index in [1.54, 1.807) is 12.1 Å². The molecule has 3 N–H and O–H groups in total. The fourth-order valence-electron chi connectivity index (χ4n) is 2.16. The lowest BCUT2D eigenvalue weighted by Crippen LogP contribution is -2.35. The number of nitrogens with two attached hydrogens (primary N) is 1. The predicted molar refractivity (Wildman–Crippen MR) is 60.4 cm³/mol. The molecule has 2 nitrogen and oxygen atoms in total. The van der Waals surface area contributed by atoms with Gasteiger partial charge < -0.3 is 11.1 Å². The van der Waals surface area contributed by atoms with Crippen molar-refractivity contribution in [1.29, 1.82) is 0 Å². The molecule has 0 aliphatic heterocycles. The van der Waals surface area contributed by atoms with Gasteiger partial charge in [-0.1, -0.05) is 0 Å². The summed E-state index contributed by atoms with van der Waals surface area (Å²) in [4.78, 5) is 0. The number of aryl methyl sites for hydroxylation is 1. The van der Waals surface area contributed by atoms with Gasteiger partial charge in [-0.25, -0.2) is 4.39 Å². The van der Waals surface area contributed by atoms with Crippen molar-refractivity contribution in [2.75, 3.05) is 5.32 Å². The van der Waals surface area contributed by atoms with Crippen molar-refractivity contribution in [3.63, 3.8) is 0 Å². The van der Waals surface area contributed by atoms with Gasteiger partial charge in [-0.05, 0) is 49.9 Å². The Hall–Kier alpha value is -1.09. The summed E-state index contributed by atoms with van der Waals surface area (Å²) in [7, 11) is 0. The SMILES string of the molecule is Cc1cc(F)ccc1N[C@@H]1CCC[C@H]1N. The molecule has 0 amide bonds. The molecule has 2 rings (SSSR count). The summed E-state index contributed by atoms with van der Waals surface area (Å²) in [6.45, 7) is 1.91. The Bertz CT molecular complexity index is 351. The average Bonchev–Trinajstić information content (AvgIpc) is 2.57. The quantitative estimate of drug-likeness (QED) is 0.783. The maximum atomic E-state index is 12.9. The number of anilines is 1. The van der Waals surface area contributed by atoms with E-state index in [-0.39, 0.29) is 11.9 Å². The molecular weight excluding hydrogens is 191 g/mol. The molecule has 0 aromatic heterocycles. The Kier molecular flexibility index (Phi) is 2.91. The minimum atomic E-state index is -0.186. The van der Waals surface area contributed by atoms with Gasteiger partial charge in [-0.15, -0.1) is 0 Å². The highest BCUT2D eigenvalue weighted by molar-refractivity contribution is 5.51. The largest absolute Gasteiger partial charge is 0.381 e. The van der Waals surface area contributed by atoms with E-state index in [4.69, 9.17) is 5.73 Å². The van der Waals surface area contributed by atoms with Crippen LogP contribution in [-0.2, 0) is 0 Å². The Morgan fingerprint density at radius 3 is 2.80 bits per heavy atom. The van der Waals surface area contributed by atoms with Gasteiger partial charge in [0.15, 0.2) is 0 Å². The number of hydrogen-bond donors (Lipinski definition) is 2. The third-order valence-electron chi connectivity index (χ3n) is 3.10. The van der Waals surface area contributed by atoms with Crippen molar-refractivity contribution in [3.05, 3.63) is 29.6 Å². The number of halogens is 1. The van der Waals surface area contributed by atoms with Crippen molar-refractivity contribution in [2.24, 2.45) is 5.73 Å². The zero-order valence-corrected chi connectivity index (χ0v) is 8.96. The van der Waals surface area contributed by atoms with E-state index >= 15 is 0 Å². The number of benzene rings is 1. The highest BCUT2D eigenvalue weighted by Crippen LogP contribution is 2.23. The highest BCUT2D eigenvalue weighted by Gasteiger charge is 2.23. The Morgan fingerprint density at radius 2 is 2.20 bits per heavy atom. The number of rotatable bonds is 2. The predicted octanol–water partition coefficient (Wildman–Crippen LogP) is 2.43. The summed E-state index contributed by atoms with van der Waals surface area (Å²) in [6, 6.07) is 5.39. The normalized spacial score (nSPS) is 25.5. The van der Waals surface area contributed by atoms with Gasteiger partial charge in [0.1, 0.15) is 5.82 Å². The fraction of sp³-hybridized carbons (Fsp3) is 0.500. The van der Waals surface area contributed by atoms with Gasteiger partial charge in [0.25, 0.3) is 0 Å². The zero-order valence-electron chi connectivity index (χ0n) is 8.96. The molecule has 0 bridgehead atoms. The van der Waals surface area contributed by atoms with Crippen LogP contribution < -0.4 is 11.1 Å². The van der Waals surface area contributed by atoms with Gasteiger partial charge in [0.2, 0.25) is 0 Å². The standard InChI is InChI=1S/C12H17FN2/c1-8-7-9(13)5-6-11(8)15-12-4-2-3-10(12)14/h5-7,10,12,15H,2-4,14H2,1H3/t10-,12-/m1/s1. The monoisotopic (exact) mass is 208 g/mol. The third kappa shape index (κ3) is 2.29. The Morgan fingerprint density at radius 1 is 1.40 bits per heavy atom. The van der Waals surface area contributed by atoms with Crippen molar-refractivity contribution >= 4 is 5.69 Å². The fourth-order valence-corrected chi connectivity index (χ4v) is 2.16. The minimum absolute atomic E-state index is 0.186. The molecule has 0 unspecified atom stereocenters. The highest BCUT2D eigenvalue weighted by atomic mass is 19.1. The van der Waals surface area contributed by atoms with E-state index in [1.165, 1.54) is 12.5 Å². The first-order valence-electron chi connectivity index (χ1n) is 5.45. The van der Waals surface area contributed by atoms with E-state index in [9.17, 15) is 4.39 Å². The molecule has 0 spiro atoms. The Labute approximate surface area is 89.7 Å². The lowest BCUT2D eigenvalue weighted by atomic mass is 10.1. The Balaban J connectivity index is 2.10. The molecule has 1 aromatic rings. The van der Waals surface area contributed by atoms with Gasteiger partial charge >= 0.3 is 0 Å². The summed E-state index contributed by atoms with van der Waals surface area (Å²) in [5.74, 6) is -0.186. The summed E-state index contributed by atoms with van der Waals surface area (Å²) in [6.07, 6.45) is 3.37. The smallest absolute Gasteiger partial charge is 0.123 e. The molecule has 0 heterocycles. The van der Waals surface area contributed by atoms with Crippen molar-refractivity contribution < 1.29 is 4.39 Å². The number of hydrogen-bond acceptors (Lipinski definition) is 2. The molecule has 1 aliphatic rings. The molecule has 2 atom stereocenters. The van der Waals surface area contributed by atoms with Crippen LogP contribution >= 0.6 is 0 Å². The summed E-state index contributed by atoms with van der Waals surface area (Å²) < 4.78 is 12.9. The number of nitrogens with one attached hydrogen (secondary N) is 1. The molecule has 1 aromatic carbocycles. The summed E-state index contributed by atoms with van der Waals surface area (Å²) in [5.41, 5.74) is 7.91. The van der Waals surface area contributed by atoms with Gasteiger partial charge in [-0.3, -0.25) is 0 Å². The second-order valence-electron chi connectivity index (χ2n) is 4.30. The third-order valence-corrected chi connectivity index (χ3v) is 3.10. The van der Waals surface area contributed by atoms with Crippen LogP contribution in [0.25, 0.3) is 0 Å². The summed E-state index contributed by atoms with van der Waals surface area (Å²) >= 11 is 0. The molecule has 15 heavy (non-hydrogen) atoms. The molecule has 1 fully saturated rings. The molecule has 0 radical (unpaired) electrons. The first-order valence-corrected chi connectivity index (χ1v) is 5.45. The topological polar surface area (TPSA) is 38.0 Å². The first kappa shape index (κ1) is 10.4. The summed E-state index contributed by atoms with van der Waals surface area (Å²) in [5, 5.41) is 3.39. The van der Waals surface area contributed by atoms with E-state index in [0.29, 0.717) is 6.04 Å². The average molecular weight is 208 g/mol. The molecule has 1 aliphatic carbocycles. The van der Waals surface area contributed by atoms with Gasteiger partial charge in [0.05, 0.1) is 0 Å².